The van der Waals surface area contributed by atoms with Gasteiger partial charge in [0.1, 0.15) is 5.54 Å². The highest BCUT2D eigenvalue weighted by Gasteiger charge is 2.37. The molecule has 104 valence electrons. The van der Waals surface area contributed by atoms with Crippen LogP contribution in [0.15, 0.2) is 18.2 Å². The summed E-state index contributed by atoms with van der Waals surface area (Å²) in [7, 11) is 0. The Hall–Kier alpha value is -1.98. The van der Waals surface area contributed by atoms with Crippen molar-refractivity contribution in [2.24, 2.45) is 0 Å². The maximum Gasteiger partial charge on any atom is 0.329 e. The van der Waals surface area contributed by atoms with Crippen molar-refractivity contribution in [2.45, 2.75) is 32.2 Å². The summed E-state index contributed by atoms with van der Waals surface area (Å²) in [6.07, 6.45) is 0.281. The Morgan fingerprint density at radius 2 is 1.84 bits per heavy atom. The Morgan fingerprint density at radius 1 is 1.26 bits per heavy atom. The first kappa shape index (κ1) is 15.1. The lowest BCUT2D eigenvalue weighted by atomic mass is 9.92. The number of benzene rings is 1. The number of rotatable bonds is 5. The van der Waals surface area contributed by atoms with Gasteiger partial charge in [0.2, 0.25) is 0 Å². The van der Waals surface area contributed by atoms with Crippen molar-refractivity contribution in [2.75, 3.05) is 0 Å². The molecule has 0 fully saturated rings. The van der Waals surface area contributed by atoms with Gasteiger partial charge in [0.15, 0.2) is 11.6 Å². The van der Waals surface area contributed by atoms with E-state index in [2.05, 4.69) is 5.32 Å². The van der Waals surface area contributed by atoms with Crippen LogP contribution in [0.2, 0.25) is 0 Å². The van der Waals surface area contributed by atoms with Gasteiger partial charge in [-0.3, -0.25) is 4.79 Å². The number of carbonyl (C=O) groups is 2. The van der Waals surface area contributed by atoms with Crippen LogP contribution in [0.25, 0.3) is 0 Å². The van der Waals surface area contributed by atoms with Crippen molar-refractivity contribution in [3.8, 4) is 0 Å². The predicted octanol–water partition coefficient (Wildman–Crippen LogP) is 2.34. The third-order valence-electron chi connectivity index (χ3n) is 3.17. The van der Waals surface area contributed by atoms with E-state index in [4.69, 9.17) is 5.11 Å². The Kier molecular flexibility index (Phi) is 4.58. The number of amides is 1. The van der Waals surface area contributed by atoms with Crippen LogP contribution < -0.4 is 5.32 Å². The molecule has 0 saturated heterocycles. The van der Waals surface area contributed by atoms with Crippen molar-refractivity contribution in [1.82, 2.24) is 5.32 Å². The molecule has 1 amide bonds. The number of hydrogen-bond donors (Lipinski definition) is 2. The van der Waals surface area contributed by atoms with Gasteiger partial charge in [0, 0.05) is 0 Å². The zero-order valence-electron chi connectivity index (χ0n) is 10.7. The predicted molar refractivity (Wildman–Crippen MR) is 64.8 cm³/mol. The molecule has 0 spiro atoms. The average molecular weight is 271 g/mol. The molecule has 0 bridgehead atoms. The minimum absolute atomic E-state index is 0.140. The van der Waals surface area contributed by atoms with E-state index in [1.165, 1.54) is 6.07 Å². The van der Waals surface area contributed by atoms with Gasteiger partial charge in [-0.1, -0.05) is 19.9 Å². The second-order valence-corrected chi connectivity index (χ2v) is 4.15. The standard InChI is InChI=1S/C13H15F2NO3/c1-3-13(4-2,12(18)19)16-11(17)8-6-5-7-9(14)10(8)15/h5-7H,3-4H2,1-2H3,(H,16,17)(H,18,19). The topological polar surface area (TPSA) is 66.4 Å². The van der Waals surface area contributed by atoms with E-state index in [1.54, 1.807) is 13.8 Å². The fraction of sp³-hybridized carbons (Fsp3) is 0.385. The van der Waals surface area contributed by atoms with Crippen molar-refractivity contribution in [3.05, 3.63) is 35.4 Å². The number of nitrogens with one attached hydrogen (secondary N) is 1. The molecule has 0 aromatic heterocycles. The number of carboxylic acids is 1. The van der Waals surface area contributed by atoms with Crippen LogP contribution >= 0.6 is 0 Å². The van der Waals surface area contributed by atoms with Gasteiger partial charge in [-0.25, -0.2) is 13.6 Å². The molecular weight excluding hydrogens is 256 g/mol. The summed E-state index contributed by atoms with van der Waals surface area (Å²) in [6, 6.07) is 3.18. The molecule has 6 heteroatoms. The van der Waals surface area contributed by atoms with Crippen LogP contribution in [0.5, 0.6) is 0 Å². The van der Waals surface area contributed by atoms with E-state index in [1.807, 2.05) is 0 Å². The molecule has 0 saturated carbocycles. The molecule has 0 unspecified atom stereocenters. The van der Waals surface area contributed by atoms with Crippen molar-refractivity contribution < 1.29 is 23.5 Å². The van der Waals surface area contributed by atoms with Gasteiger partial charge < -0.3 is 10.4 Å². The Bertz CT molecular complexity index is 499. The number of carboxylic acid groups (broad SMARTS) is 1. The van der Waals surface area contributed by atoms with Gasteiger partial charge in [-0.15, -0.1) is 0 Å². The third-order valence-corrected chi connectivity index (χ3v) is 3.17. The second-order valence-electron chi connectivity index (χ2n) is 4.15. The van der Waals surface area contributed by atoms with Crippen molar-refractivity contribution in [1.29, 1.82) is 0 Å². The van der Waals surface area contributed by atoms with E-state index in [0.717, 1.165) is 12.1 Å². The lowest BCUT2D eigenvalue weighted by molar-refractivity contribution is -0.144. The highest BCUT2D eigenvalue weighted by atomic mass is 19.2. The second kappa shape index (κ2) is 5.77. The summed E-state index contributed by atoms with van der Waals surface area (Å²) in [5.41, 5.74) is -1.98. The van der Waals surface area contributed by atoms with Crippen LogP contribution in [0.3, 0.4) is 0 Å². The van der Waals surface area contributed by atoms with Gasteiger partial charge in [0.25, 0.3) is 5.91 Å². The van der Waals surface area contributed by atoms with E-state index < -0.39 is 34.6 Å². The third kappa shape index (κ3) is 2.89. The van der Waals surface area contributed by atoms with Gasteiger partial charge in [-0.2, -0.15) is 0 Å². The van der Waals surface area contributed by atoms with E-state index in [0.29, 0.717) is 0 Å². The van der Waals surface area contributed by atoms with Crippen LogP contribution in [-0.2, 0) is 4.79 Å². The number of aliphatic carboxylic acids is 1. The summed E-state index contributed by atoms with van der Waals surface area (Å²) >= 11 is 0. The first-order valence-electron chi connectivity index (χ1n) is 5.88. The fourth-order valence-corrected chi connectivity index (χ4v) is 1.75. The van der Waals surface area contributed by atoms with Crippen molar-refractivity contribution in [3.63, 3.8) is 0 Å². The minimum atomic E-state index is -1.48. The lowest BCUT2D eigenvalue weighted by Crippen LogP contribution is -2.53. The monoisotopic (exact) mass is 271 g/mol. The molecule has 0 heterocycles. The van der Waals surface area contributed by atoms with E-state index in [9.17, 15) is 18.4 Å². The molecule has 0 atom stereocenters. The minimum Gasteiger partial charge on any atom is -0.480 e. The lowest BCUT2D eigenvalue weighted by Gasteiger charge is -2.28. The molecule has 1 aromatic carbocycles. The smallest absolute Gasteiger partial charge is 0.329 e. The Morgan fingerprint density at radius 3 is 2.32 bits per heavy atom. The molecule has 0 aliphatic rings. The molecular formula is C13H15F2NO3. The summed E-state index contributed by atoms with van der Waals surface area (Å²) in [5, 5.41) is 11.4. The maximum absolute atomic E-state index is 13.5. The van der Waals surface area contributed by atoms with Crippen LogP contribution in [0.1, 0.15) is 37.0 Å². The number of halogens is 2. The molecule has 1 aromatic rings. The zero-order chi connectivity index (χ0) is 14.6. The molecule has 19 heavy (non-hydrogen) atoms. The van der Waals surface area contributed by atoms with Gasteiger partial charge in [-0.05, 0) is 25.0 Å². The summed E-state index contributed by atoms with van der Waals surface area (Å²) in [6.45, 7) is 3.19. The van der Waals surface area contributed by atoms with Gasteiger partial charge >= 0.3 is 5.97 Å². The highest BCUT2D eigenvalue weighted by Crippen LogP contribution is 2.18. The van der Waals surface area contributed by atoms with Crippen LogP contribution in [0.4, 0.5) is 8.78 Å². The van der Waals surface area contributed by atoms with Gasteiger partial charge in [0.05, 0.1) is 5.56 Å². The first-order valence-corrected chi connectivity index (χ1v) is 5.88. The van der Waals surface area contributed by atoms with Crippen LogP contribution in [0, 0.1) is 11.6 Å². The fourth-order valence-electron chi connectivity index (χ4n) is 1.75. The Balaban J connectivity index is 3.08. The van der Waals surface area contributed by atoms with Crippen LogP contribution in [-0.4, -0.2) is 22.5 Å². The summed E-state index contributed by atoms with van der Waals surface area (Å²) < 4.78 is 26.5. The normalized spacial score (nSPS) is 11.2. The number of carbonyl (C=O) groups excluding carboxylic acids is 1. The molecule has 2 N–H and O–H groups in total. The molecule has 0 aliphatic heterocycles. The maximum atomic E-state index is 13.5. The number of hydrogen-bond acceptors (Lipinski definition) is 2. The highest BCUT2D eigenvalue weighted by molar-refractivity contribution is 5.98. The molecule has 1 rings (SSSR count). The summed E-state index contributed by atoms with van der Waals surface area (Å²) in [5.74, 6) is -4.58. The SMILES string of the molecule is CCC(CC)(NC(=O)c1cccc(F)c1F)C(=O)O. The summed E-state index contributed by atoms with van der Waals surface area (Å²) in [4.78, 5) is 23.1. The quantitative estimate of drug-likeness (QED) is 0.863. The average Bonchev–Trinajstić information content (AvgIpc) is 2.38. The molecule has 0 aliphatic carbocycles. The van der Waals surface area contributed by atoms with E-state index >= 15 is 0 Å². The first-order chi connectivity index (χ1) is 8.88. The zero-order valence-corrected chi connectivity index (χ0v) is 10.7. The Labute approximate surface area is 109 Å². The molecule has 4 nitrogen and oxygen atoms in total. The van der Waals surface area contributed by atoms with Crippen molar-refractivity contribution >= 4 is 11.9 Å². The largest absolute Gasteiger partial charge is 0.480 e. The molecule has 0 radical (unpaired) electrons. The van der Waals surface area contributed by atoms with E-state index in [-0.39, 0.29) is 12.8 Å².